The van der Waals surface area contributed by atoms with Gasteiger partial charge in [-0.25, -0.2) is 4.78 Å². The van der Waals surface area contributed by atoms with E-state index in [-0.39, 0.29) is 17.1 Å². The standard InChI is InChI=1S/CHF3.Fe.HNS/c2-1(3)4;;1-2/h1H;;1H. The third kappa shape index (κ3) is 1090. The van der Waals surface area contributed by atoms with Crippen LogP contribution in [0.4, 0.5) is 13.2 Å². The molecule has 0 atom stereocenters. The van der Waals surface area contributed by atoms with Crippen molar-refractivity contribution in [1.29, 1.82) is 4.78 Å². The van der Waals surface area contributed by atoms with Gasteiger partial charge in [-0.1, -0.05) is 0 Å². The summed E-state index contributed by atoms with van der Waals surface area (Å²) < 4.78 is 34.3. The minimum Gasteiger partial charge on any atom is -0.235 e. The normalized spacial score (nSPS) is 5.71. The molecule has 0 rings (SSSR count). The summed E-state index contributed by atoms with van der Waals surface area (Å²) in [5.74, 6) is 0. The Labute approximate surface area is 54.7 Å². The summed E-state index contributed by atoms with van der Waals surface area (Å²) in [7, 11) is 0. The van der Waals surface area contributed by atoms with Crippen molar-refractivity contribution in [2.24, 2.45) is 0 Å². The Balaban J connectivity index is -0.0000000480. The maximum atomic E-state index is 9.67. The van der Waals surface area contributed by atoms with Crippen LogP contribution in [0.15, 0.2) is 0 Å². The van der Waals surface area contributed by atoms with Crippen molar-refractivity contribution >= 4 is 12.4 Å². The van der Waals surface area contributed by atoms with Crippen LogP contribution in [0.1, 0.15) is 0 Å². The number of hydrogen-bond donors (Lipinski definition) is 1. The predicted octanol–water partition coefficient (Wildman–Crippen LogP) is 1.47. The van der Waals surface area contributed by atoms with Crippen LogP contribution in [-0.2, 0) is 29.5 Å². The molecule has 0 bridgehead atoms. The Morgan fingerprint density at radius 1 is 1.14 bits per heavy atom. The SMILES string of the molecule is FC(F)F.N=S.[Fe]. The van der Waals surface area contributed by atoms with E-state index >= 15 is 0 Å². The molecule has 0 aromatic heterocycles. The van der Waals surface area contributed by atoms with E-state index in [1.54, 1.807) is 0 Å². The molecule has 1 N–H and O–H groups in total. The zero-order valence-corrected chi connectivity index (χ0v) is 4.89. The van der Waals surface area contributed by atoms with E-state index in [0.29, 0.717) is 0 Å². The third-order valence-corrected chi connectivity index (χ3v) is 0. The minimum absolute atomic E-state index is 0. The Bertz CT molecular complexity index is 26.1. The van der Waals surface area contributed by atoms with Crippen LogP contribution in [0.25, 0.3) is 0 Å². The summed E-state index contributed by atoms with van der Waals surface area (Å²) >= 11 is 3.33. The average Bonchev–Trinajstić information content (AvgIpc) is 1.41. The van der Waals surface area contributed by atoms with Crippen LogP contribution >= 0.6 is 0 Å². The van der Waals surface area contributed by atoms with Gasteiger partial charge in [-0.15, -0.1) is 0 Å². The fourth-order valence-corrected chi connectivity index (χ4v) is 0. The van der Waals surface area contributed by atoms with Gasteiger partial charge in [-0.3, -0.25) is 0 Å². The monoisotopic (exact) mass is 173 g/mol. The van der Waals surface area contributed by atoms with Gasteiger partial charge in [-0.05, 0) is 0 Å². The van der Waals surface area contributed by atoms with Crippen molar-refractivity contribution in [3.63, 3.8) is 0 Å². The molecule has 0 saturated heterocycles. The second kappa shape index (κ2) is 16.2. The summed E-state index contributed by atoms with van der Waals surface area (Å²) in [4.78, 5) is 0. The summed E-state index contributed by atoms with van der Waals surface area (Å²) in [5.41, 5.74) is 0. The van der Waals surface area contributed by atoms with Crippen molar-refractivity contribution in [2.45, 2.75) is 6.68 Å². The summed E-state index contributed by atoms with van der Waals surface area (Å²) in [6.07, 6.45) is 0. The number of rotatable bonds is 0. The van der Waals surface area contributed by atoms with Gasteiger partial charge >= 0.3 is 6.68 Å². The molecule has 1 nitrogen and oxygen atoms in total. The van der Waals surface area contributed by atoms with Gasteiger partial charge < -0.3 is 0 Å². The molecule has 0 aromatic rings. The molecular formula is CH2F3FeNS. The van der Waals surface area contributed by atoms with Crippen molar-refractivity contribution in [3.05, 3.63) is 0 Å². The van der Waals surface area contributed by atoms with E-state index in [2.05, 4.69) is 12.4 Å². The Hall–Kier alpha value is 0.329. The first-order chi connectivity index (χ1) is 2.73. The molecule has 0 aliphatic heterocycles. The summed E-state index contributed by atoms with van der Waals surface area (Å²) in [6.45, 7) is -3.67. The molecule has 0 saturated carbocycles. The molecule has 46 valence electrons. The molecule has 0 amide bonds. The Morgan fingerprint density at radius 3 is 1.14 bits per heavy atom. The zero-order chi connectivity index (χ0) is 5.58. The second-order valence-electron chi connectivity index (χ2n) is 0.247. The fourth-order valence-electron chi connectivity index (χ4n) is 0. The molecule has 0 fully saturated rings. The van der Waals surface area contributed by atoms with Crippen molar-refractivity contribution in [2.75, 3.05) is 0 Å². The maximum Gasteiger partial charge on any atom is 0.379 e. The van der Waals surface area contributed by atoms with Gasteiger partial charge in [0.2, 0.25) is 0 Å². The first kappa shape index (κ1) is 15.7. The first-order valence-electron chi connectivity index (χ1n) is 0.859. The molecule has 0 heterocycles. The van der Waals surface area contributed by atoms with E-state index in [4.69, 9.17) is 4.78 Å². The molecule has 0 spiro atoms. The molecule has 0 aromatic carbocycles. The van der Waals surface area contributed by atoms with E-state index < -0.39 is 6.68 Å². The van der Waals surface area contributed by atoms with Gasteiger partial charge in [0.25, 0.3) is 0 Å². The molecule has 7 heavy (non-hydrogen) atoms. The second-order valence-corrected chi connectivity index (χ2v) is 0.247. The van der Waals surface area contributed by atoms with Crippen molar-refractivity contribution in [3.8, 4) is 0 Å². The molecule has 0 aliphatic rings. The van der Waals surface area contributed by atoms with Crippen LogP contribution in [-0.4, -0.2) is 6.68 Å². The quantitative estimate of drug-likeness (QED) is 0.551. The van der Waals surface area contributed by atoms with E-state index in [1.807, 2.05) is 0 Å². The van der Waals surface area contributed by atoms with Crippen molar-refractivity contribution < 1.29 is 30.2 Å². The topological polar surface area (TPSA) is 23.9 Å². The molecular weight excluding hydrogens is 171 g/mol. The van der Waals surface area contributed by atoms with Crippen LogP contribution in [0.2, 0.25) is 0 Å². The number of nitrogens with one attached hydrogen (secondary N) is 1. The third-order valence-electron chi connectivity index (χ3n) is 0. The number of alkyl halides is 3. The molecule has 0 aliphatic carbocycles. The van der Waals surface area contributed by atoms with Crippen molar-refractivity contribution in [1.82, 2.24) is 0 Å². The van der Waals surface area contributed by atoms with Crippen LogP contribution in [0.5, 0.6) is 0 Å². The smallest absolute Gasteiger partial charge is 0.235 e. The summed E-state index contributed by atoms with van der Waals surface area (Å²) in [5, 5.41) is 0. The van der Waals surface area contributed by atoms with Gasteiger partial charge in [-0.2, -0.15) is 13.2 Å². The van der Waals surface area contributed by atoms with Gasteiger partial charge in [0.1, 0.15) is 0 Å². The molecule has 0 radical (unpaired) electrons. The maximum absolute atomic E-state index is 9.67. The first-order valence-corrected chi connectivity index (χ1v) is 1.27. The minimum atomic E-state index is -3.67. The number of halogens is 3. The zero-order valence-electron chi connectivity index (χ0n) is 2.97. The average molecular weight is 173 g/mol. The van der Waals surface area contributed by atoms with E-state index in [0.717, 1.165) is 0 Å². The fraction of sp³-hybridized carbons (Fsp3) is 1.00. The predicted molar refractivity (Wildman–Crippen MR) is 17.2 cm³/mol. The van der Waals surface area contributed by atoms with E-state index in [1.165, 1.54) is 0 Å². The van der Waals surface area contributed by atoms with Gasteiger partial charge in [0.15, 0.2) is 0 Å². The van der Waals surface area contributed by atoms with E-state index in [9.17, 15) is 13.2 Å². The number of hydrogen-bond acceptors (Lipinski definition) is 2. The van der Waals surface area contributed by atoms with Crippen LogP contribution in [0.3, 0.4) is 0 Å². The van der Waals surface area contributed by atoms with Crippen LogP contribution < -0.4 is 0 Å². The van der Waals surface area contributed by atoms with Gasteiger partial charge in [0, 0.05) is 29.5 Å². The Morgan fingerprint density at radius 2 is 1.14 bits per heavy atom. The van der Waals surface area contributed by atoms with Crippen LogP contribution in [0, 0.1) is 4.78 Å². The Kier molecular flexibility index (Phi) is 36.3. The largest absolute Gasteiger partial charge is 0.379 e. The van der Waals surface area contributed by atoms with Gasteiger partial charge in [0.05, 0.1) is 0 Å². The molecule has 0 unspecified atom stereocenters. The summed E-state index contributed by atoms with van der Waals surface area (Å²) in [6, 6.07) is 0. The molecule has 6 heteroatoms.